The van der Waals surface area contributed by atoms with Gasteiger partial charge in [-0.25, -0.2) is 4.79 Å². The average molecular weight is 334 g/mol. The molecule has 132 valence electrons. The molecule has 1 aliphatic heterocycles. The van der Waals surface area contributed by atoms with E-state index in [9.17, 15) is 9.59 Å². The Hall–Kier alpha value is -2.08. The summed E-state index contributed by atoms with van der Waals surface area (Å²) in [6.45, 7) is 6.77. The molecular weight excluding hydrogens is 308 g/mol. The molecule has 0 saturated carbocycles. The molecule has 2 amide bonds. The average Bonchev–Trinajstić information content (AvgIpc) is 2.52. The quantitative estimate of drug-likeness (QED) is 0.921. The fourth-order valence-corrected chi connectivity index (χ4v) is 2.63. The summed E-state index contributed by atoms with van der Waals surface area (Å²) in [5.41, 5.74) is 0.532. The molecule has 1 aliphatic rings. The minimum Gasteiger partial charge on any atom is -0.444 e. The molecule has 24 heavy (non-hydrogen) atoms. The van der Waals surface area contributed by atoms with Crippen LogP contribution in [0.25, 0.3) is 0 Å². The van der Waals surface area contributed by atoms with Gasteiger partial charge in [0.1, 0.15) is 5.60 Å². The molecule has 0 aromatic heterocycles. The number of amides is 2. The van der Waals surface area contributed by atoms with Gasteiger partial charge in [-0.15, -0.1) is 0 Å². The summed E-state index contributed by atoms with van der Waals surface area (Å²) in [5, 5.41) is 2.66. The predicted molar refractivity (Wildman–Crippen MR) is 92.2 cm³/mol. The van der Waals surface area contributed by atoms with Gasteiger partial charge in [0.05, 0.1) is 6.10 Å². The zero-order valence-corrected chi connectivity index (χ0v) is 14.8. The second kappa shape index (κ2) is 7.66. The van der Waals surface area contributed by atoms with E-state index in [4.69, 9.17) is 9.47 Å². The van der Waals surface area contributed by atoms with E-state index < -0.39 is 11.7 Å². The number of hydrogen-bond donors (Lipinski definition) is 1. The lowest BCUT2D eigenvalue weighted by Crippen LogP contribution is -2.40. The third-order valence-corrected chi connectivity index (χ3v) is 3.82. The van der Waals surface area contributed by atoms with Crippen LogP contribution >= 0.6 is 0 Å². The van der Waals surface area contributed by atoms with Gasteiger partial charge in [-0.1, -0.05) is 6.07 Å². The van der Waals surface area contributed by atoms with Gasteiger partial charge in [-0.05, 0) is 51.8 Å². The molecule has 0 aliphatic carbocycles. The standard InChI is InChI=1S/C18H26N2O4/c1-18(2,3)24-17(22)19-14-7-5-6-13(12-14)16(21)20-10-8-15(23-4)9-11-20/h5-7,12,15H,8-11H2,1-4H3,(H,19,22). The number of anilines is 1. The number of methoxy groups -OCH3 is 1. The smallest absolute Gasteiger partial charge is 0.412 e. The lowest BCUT2D eigenvalue weighted by molar-refractivity contribution is 0.0350. The van der Waals surface area contributed by atoms with E-state index in [-0.39, 0.29) is 12.0 Å². The first-order valence-corrected chi connectivity index (χ1v) is 8.20. The van der Waals surface area contributed by atoms with Crippen molar-refractivity contribution in [3.05, 3.63) is 29.8 Å². The summed E-state index contributed by atoms with van der Waals surface area (Å²) in [7, 11) is 1.70. The van der Waals surface area contributed by atoms with Gasteiger partial charge in [-0.2, -0.15) is 0 Å². The van der Waals surface area contributed by atoms with E-state index in [1.807, 2.05) is 4.90 Å². The number of carbonyl (C=O) groups is 2. The van der Waals surface area contributed by atoms with Crippen molar-refractivity contribution in [1.29, 1.82) is 0 Å². The Balaban J connectivity index is 1.99. The van der Waals surface area contributed by atoms with Crippen molar-refractivity contribution in [1.82, 2.24) is 4.90 Å². The molecule has 1 aromatic carbocycles. The highest BCUT2D eigenvalue weighted by Crippen LogP contribution is 2.18. The number of hydrogen-bond acceptors (Lipinski definition) is 4. The van der Waals surface area contributed by atoms with Crippen molar-refractivity contribution in [2.45, 2.75) is 45.3 Å². The Bertz CT molecular complexity index is 587. The molecule has 0 unspecified atom stereocenters. The van der Waals surface area contributed by atoms with Crippen LogP contribution in [0.4, 0.5) is 10.5 Å². The molecular formula is C18H26N2O4. The number of piperidine rings is 1. The summed E-state index contributed by atoms with van der Waals surface area (Å²) in [6.07, 6.45) is 1.39. The summed E-state index contributed by atoms with van der Waals surface area (Å²) in [4.78, 5) is 26.3. The maximum Gasteiger partial charge on any atom is 0.412 e. The number of nitrogens with zero attached hydrogens (tertiary/aromatic N) is 1. The first kappa shape index (κ1) is 18.3. The topological polar surface area (TPSA) is 67.9 Å². The Kier molecular flexibility index (Phi) is 5.83. The van der Waals surface area contributed by atoms with Crippen molar-refractivity contribution < 1.29 is 19.1 Å². The highest BCUT2D eigenvalue weighted by Gasteiger charge is 2.23. The highest BCUT2D eigenvalue weighted by atomic mass is 16.6. The number of likely N-dealkylation sites (tertiary alicyclic amines) is 1. The largest absolute Gasteiger partial charge is 0.444 e. The van der Waals surface area contributed by atoms with Crippen LogP contribution in [0.5, 0.6) is 0 Å². The third kappa shape index (κ3) is 5.23. The van der Waals surface area contributed by atoms with Gasteiger partial charge in [0, 0.05) is 31.5 Å². The molecule has 0 radical (unpaired) electrons. The second-order valence-electron chi connectivity index (χ2n) is 6.93. The first-order valence-electron chi connectivity index (χ1n) is 8.20. The van der Waals surface area contributed by atoms with Crippen molar-refractivity contribution in [3.8, 4) is 0 Å². The Labute approximate surface area is 143 Å². The van der Waals surface area contributed by atoms with Gasteiger partial charge in [0.15, 0.2) is 0 Å². The number of ether oxygens (including phenoxy) is 2. The maximum absolute atomic E-state index is 12.6. The summed E-state index contributed by atoms with van der Waals surface area (Å²) >= 11 is 0. The number of benzene rings is 1. The number of rotatable bonds is 3. The molecule has 1 saturated heterocycles. The van der Waals surface area contributed by atoms with Crippen molar-refractivity contribution in [2.75, 3.05) is 25.5 Å². The van der Waals surface area contributed by atoms with E-state index in [0.717, 1.165) is 12.8 Å². The fraction of sp³-hybridized carbons (Fsp3) is 0.556. The predicted octanol–water partition coefficient (Wildman–Crippen LogP) is 3.28. The van der Waals surface area contributed by atoms with Crippen LogP contribution in [0.3, 0.4) is 0 Å². The van der Waals surface area contributed by atoms with E-state index in [0.29, 0.717) is 24.3 Å². The minimum absolute atomic E-state index is 0.0302. The SMILES string of the molecule is COC1CCN(C(=O)c2cccc(NC(=O)OC(C)(C)C)c2)CC1. The summed E-state index contributed by atoms with van der Waals surface area (Å²) in [6, 6.07) is 6.92. The zero-order chi connectivity index (χ0) is 17.7. The van der Waals surface area contributed by atoms with Crippen LogP contribution in [-0.4, -0.2) is 48.8 Å². The molecule has 2 rings (SSSR count). The van der Waals surface area contributed by atoms with Crippen molar-refractivity contribution in [2.24, 2.45) is 0 Å². The maximum atomic E-state index is 12.6. The van der Waals surface area contributed by atoms with Crippen LogP contribution in [0, 0.1) is 0 Å². The van der Waals surface area contributed by atoms with Crippen molar-refractivity contribution in [3.63, 3.8) is 0 Å². The summed E-state index contributed by atoms with van der Waals surface area (Å²) in [5.74, 6) is -0.0302. The van der Waals surface area contributed by atoms with E-state index in [1.165, 1.54) is 0 Å². The molecule has 1 N–H and O–H groups in total. The Morgan fingerprint density at radius 3 is 2.46 bits per heavy atom. The van der Waals surface area contributed by atoms with Gasteiger partial charge < -0.3 is 14.4 Å². The molecule has 6 heteroatoms. The normalized spacial score (nSPS) is 15.9. The highest BCUT2D eigenvalue weighted by molar-refractivity contribution is 5.96. The number of carbonyl (C=O) groups excluding carboxylic acids is 2. The number of nitrogens with one attached hydrogen (secondary N) is 1. The van der Waals surface area contributed by atoms with Crippen LogP contribution in [0.2, 0.25) is 0 Å². The van der Waals surface area contributed by atoms with E-state index in [2.05, 4.69) is 5.32 Å². The molecule has 6 nitrogen and oxygen atoms in total. The second-order valence-corrected chi connectivity index (χ2v) is 6.93. The lowest BCUT2D eigenvalue weighted by Gasteiger charge is -2.31. The van der Waals surface area contributed by atoms with Gasteiger partial charge in [0.2, 0.25) is 0 Å². The first-order chi connectivity index (χ1) is 11.3. The monoisotopic (exact) mass is 334 g/mol. The molecule has 1 heterocycles. The van der Waals surface area contributed by atoms with Crippen LogP contribution < -0.4 is 5.32 Å². The molecule has 0 spiro atoms. The fourth-order valence-electron chi connectivity index (χ4n) is 2.63. The minimum atomic E-state index is -0.566. The molecule has 1 fully saturated rings. The van der Waals surface area contributed by atoms with E-state index >= 15 is 0 Å². The Morgan fingerprint density at radius 2 is 1.88 bits per heavy atom. The van der Waals surface area contributed by atoms with Gasteiger partial charge >= 0.3 is 6.09 Å². The Morgan fingerprint density at radius 1 is 1.21 bits per heavy atom. The van der Waals surface area contributed by atoms with Crippen LogP contribution in [0.15, 0.2) is 24.3 Å². The third-order valence-electron chi connectivity index (χ3n) is 3.82. The zero-order valence-electron chi connectivity index (χ0n) is 14.8. The van der Waals surface area contributed by atoms with Crippen LogP contribution in [0.1, 0.15) is 44.0 Å². The molecule has 0 bridgehead atoms. The lowest BCUT2D eigenvalue weighted by atomic mass is 10.1. The molecule has 0 atom stereocenters. The van der Waals surface area contributed by atoms with Crippen LogP contribution in [-0.2, 0) is 9.47 Å². The summed E-state index contributed by atoms with van der Waals surface area (Å²) < 4.78 is 10.6. The van der Waals surface area contributed by atoms with Gasteiger partial charge in [-0.3, -0.25) is 10.1 Å². The molecule has 1 aromatic rings. The van der Waals surface area contributed by atoms with Gasteiger partial charge in [0.25, 0.3) is 5.91 Å². The van der Waals surface area contributed by atoms with E-state index in [1.54, 1.807) is 52.1 Å². The van der Waals surface area contributed by atoms with Crippen molar-refractivity contribution >= 4 is 17.7 Å².